The fourth-order valence-corrected chi connectivity index (χ4v) is 3.41. The van der Waals surface area contributed by atoms with Crippen LogP contribution >= 0.6 is 0 Å². The number of carbonyl (C=O) groups excluding carboxylic acids is 1. The van der Waals surface area contributed by atoms with Gasteiger partial charge in [0.2, 0.25) is 15.9 Å². The standard InChI is InChI=1S/C19H23FN2O4S/c1-26-18-10-3-6-15(12-18)7-5-11-21-19(23)14-22(27(2,24)25)17-9-4-8-16(20)13-17/h3-4,6,8-10,12-13H,5,7,11,14H2,1-2H3,(H,21,23). The van der Waals surface area contributed by atoms with Crippen LogP contribution in [0.5, 0.6) is 5.75 Å². The highest BCUT2D eigenvalue weighted by molar-refractivity contribution is 7.92. The Kier molecular flexibility index (Phi) is 7.18. The van der Waals surface area contributed by atoms with Crippen molar-refractivity contribution >= 4 is 21.6 Å². The third-order valence-electron chi connectivity index (χ3n) is 3.88. The predicted molar refractivity (Wildman–Crippen MR) is 103 cm³/mol. The topological polar surface area (TPSA) is 75.7 Å². The first kappa shape index (κ1) is 20.7. The quantitative estimate of drug-likeness (QED) is 0.663. The fourth-order valence-electron chi connectivity index (χ4n) is 2.57. The van der Waals surface area contributed by atoms with Crippen molar-refractivity contribution in [2.45, 2.75) is 12.8 Å². The van der Waals surface area contributed by atoms with Crippen LogP contribution in [-0.4, -0.2) is 40.8 Å². The highest BCUT2D eigenvalue weighted by Crippen LogP contribution is 2.18. The van der Waals surface area contributed by atoms with E-state index >= 15 is 0 Å². The minimum absolute atomic E-state index is 0.115. The number of nitrogens with zero attached hydrogens (tertiary/aromatic N) is 1. The smallest absolute Gasteiger partial charge is 0.240 e. The summed E-state index contributed by atoms with van der Waals surface area (Å²) in [6.45, 7) is -0.00174. The van der Waals surface area contributed by atoms with Gasteiger partial charge in [0.25, 0.3) is 0 Å². The van der Waals surface area contributed by atoms with Gasteiger partial charge in [0.1, 0.15) is 18.1 Å². The largest absolute Gasteiger partial charge is 0.497 e. The molecule has 2 rings (SSSR count). The molecular formula is C19H23FN2O4S. The number of nitrogens with one attached hydrogen (secondary N) is 1. The van der Waals surface area contributed by atoms with E-state index in [9.17, 15) is 17.6 Å². The van der Waals surface area contributed by atoms with E-state index in [1.54, 1.807) is 7.11 Å². The molecule has 0 aliphatic rings. The van der Waals surface area contributed by atoms with Gasteiger partial charge < -0.3 is 10.1 Å². The molecule has 27 heavy (non-hydrogen) atoms. The number of anilines is 1. The summed E-state index contributed by atoms with van der Waals surface area (Å²) in [5.74, 6) is -0.245. The second-order valence-electron chi connectivity index (χ2n) is 6.05. The first-order valence-corrected chi connectivity index (χ1v) is 10.3. The number of aryl methyl sites for hydroxylation is 1. The number of hydrogen-bond donors (Lipinski definition) is 1. The predicted octanol–water partition coefficient (Wildman–Crippen LogP) is 2.35. The molecule has 0 aliphatic carbocycles. The summed E-state index contributed by atoms with van der Waals surface area (Å²) in [7, 11) is -2.12. The second kappa shape index (κ2) is 9.36. The lowest BCUT2D eigenvalue weighted by molar-refractivity contribution is -0.119. The van der Waals surface area contributed by atoms with Gasteiger partial charge in [-0.1, -0.05) is 18.2 Å². The van der Waals surface area contributed by atoms with Crippen LogP contribution < -0.4 is 14.4 Å². The molecule has 8 heteroatoms. The summed E-state index contributed by atoms with van der Waals surface area (Å²) >= 11 is 0. The molecule has 0 bridgehead atoms. The summed E-state index contributed by atoms with van der Waals surface area (Å²) in [5.41, 5.74) is 1.20. The minimum atomic E-state index is -3.72. The molecule has 0 saturated carbocycles. The molecule has 0 radical (unpaired) electrons. The monoisotopic (exact) mass is 394 g/mol. The van der Waals surface area contributed by atoms with Gasteiger partial charge in [0.15, 0.2) is 0 Å². The Morgan fingerprint density at radius 1 is 1.19 bits per heavy atom. The van der Waals surface area contributed by atoms with E-state index in [2.05, 4.69) is 5.32 Å². The molecule has 0 unspecified atom stereocenters. The van der Waals surface area contributed by atoms with E-state index in [0.29, 0.717) is 13.0 Å². The van der Waals surface area contributed by atoms with Gasteiger partial charge in [0, 0.05) is 6.54 Å². The number of methoxy groups -OCH3 is 1. The molecule has 2 aromatic rings. The normalized spacial score (nSPS) is 11.1. The summed E-state index contributed by atoms with van der Waals surface area (Å²) in [6.07, 6.45) is 2.42. The molecule has 1 amide bonds. The molecule has 0 fully saturated rings. The number of sulfonamides is 1. The van der Waals surface area contributed by atoms with Crippen molar-refractivity contribution in [3.05, 3.63) is 59.9 Å². The first-order valence-electron chi connectivity index (χ1n) is 8.42. The van der Waals surface area contributed by atoms with E-state index < -0.39 is 28.3 Å². The Hall–Kier alpha value is -2.61. The number of rotatable bonds is 9. The molecule has 0 aliphatic heterocycles. The first-order chi connectivity index (χ1) is 12.8. The van der Waals surface area contributed by atoms with Crippen molar-refractivity contribution in [3.63, 3.8) is 0 Å². The van der Waals surface area contributed by atoms with E-state index in [0.717, 1.165) is 34.4 Å². The van der Waals surface area contributed by atoms with Gasteiger partial charge in [-0.25, -0.2) is 12.8 Å². The Bertz CT molecular complexity index is 887. The highest BCUT2D eigenvalue weighted by atomic mass is 32.2. The molecule has 0 aromatic heterocycles. The van der Waals surface area contributed by atoms with Crippen LogP contribution in [0, 0.1) is 5.82 Å². The minimum Gasteiger partial charge on any atom is -0.497 e. The number of hydrogen-bond acceptors (Lipinski definition) is 4. The SMILES string of the molecule is COc1cccc(CCCNC(=O)CN(c2cccc(F)c2)S(C)(=O)=O)c1. The maximum atomic E-state index is 13.4. The van der Waals surface area contributed by atoms with E-state index in [4.69, 9.17) is 4.74 Å². The van der Waals surface area contributed by atoms with Gasteiger partial charge in [-0.05, 0) is 48.7 Å². The average Bonchev–Trinajstić information content (AvgIpc) is 2.62. The van der Waals surface area contributed by atoms with Crippen LogP contribution in [0.15, 0.2) is 48.5 Å². The van der Waals surface area contributed by atoms with Crippen molar-refractivity contribution in [2.24, 2.45) is 0 Å². The average molecular weight is 394 g/mol. The van der Waals surface area contributed by atoms with E-state index in [1.807, 2.05) is 24.3 Å². The summed E-state index contributed by atoms with van der Waals surface area (Å²) < 4.78 is 43.4. The summed E-state index contributed by atoms with van der Waals surface area (Å²) in [4.78, 5) is 12.1. The zero-order valence-electron chi connectivity index (χ0n) is 15.3. The summed E-state index contributed by atoms with van der Waals surface area (Å²) in [5, 5.41) is 2.70. The Morgan fingerprint density at radius 3 is 2.59 bits per heavy atom. The van der Waals surface area contributed by atoms with Gasteiger partial charge >= 0.3 is 0 Å². The van der Waals surface area contributed by atoms with Crippen LogP contribution in [0.1, 0.15) is 12.0 Å². The molecule has 0 atom stereocenters. The number of benzene rings is 2. The molecule has 0 heterocycles. The Morgan fingerprint density at radius 2 is 1.93 bits per heavy atom. The lowest BCUT2D eigenvalue weighted by Gasteiger charge is -2.21. The summed E-state index contributed by atoms with van der Waals surface area (Å²) in [6, 6.07) is 12.8. The lowest BCUT2D eigenvalue weighted by atomic mass is 10.1. The van der Waals surface area contributed by atoms with Crippen LogP contribution in [-0.2, 0) is 21.2 Å². The number of ether oxygens (including phenoxy) is 1. The highest BCUT2D eigenvalue weighted by Gasteiger charge is 2.21. The zero-order chi connectivity index (χ0) is 19.9. The number of amides is 1. The second-order valence-corrected chi connectivity index (χ2v) is 7.96. The van der Waals surface area contributed by atoms with Crippen LogP contribution in [0.2, 0.25) is 0 Å². The van der Waals surface area contributed by atoms with Gasteiger partial charge in [-0.3, -0.25) is 9.10 Å². The molecule has 0 spiro atoms. The number of carbonyl (C=O) groups is 1. The third kappa shape index (κ3) is 6.56. The fraction of sp³-hybridized carbons (Fsp3) is 0.316. The van der Waals surface area contributed by atoms with Gasteiger partial charge in [0.05, 0.1) is 19.1 Å². The van der Waals surface area contributed by atoms with Crippen LogP contribution in [0.4, 0.5) is 10.1 Å². The third-order valence-corrected chi connectivity index (χ3v) is 5.02. The van der Waals surface area contributed by atoms with Crippen molar-refractivity contribution < 1.29 is 22.3 Å². The maximum absolute atomic E-state index is 13.4. The van der Waals surface area contributed by atoms with Crippen LogP contribution in [0.3, 0.4) is 0 Å². The van der Waals surface area contributed by atoms with E-state index in [-0.39, 0.29) is 5.69 Å². The van der Waals surface area contributed by atoms with Crippen molar-refractivity contribution in [1.29, 1.82) is 0 Å². The van der Waals surface area contributed by atoms with Gasteiger partial charge in [-0.2, -0.15) is 0 Å². The molecule has 146 valence electrons. The zero-order valence-corrected chi connectivity index (χ0v) is 16.1. The molecular weight excluding hydrogens is 371 g/mol. The van der Waals surface area contributed by atoms with Gasteiger partial charge in [-0.15, -0.1) is 0 Å². The van der Waals surface area contributed by atoms with Crippen LogP contribution in [0.25, 0.3) is 0 Å². The molecule has 0 saturated heterocycles. The Labute approximate surface area is 159 Å². The van der Waals surface area contributed by atoms with E-state index in [1.165, 1.54) is 18.2 Å². The molecule has 1 N–H and O–H groups in total. The molecule has 6 nitrogen and oxygen atoms in total. The molecule has 2 aromatic carbocycles. The maximum Gasteiger partial charge on any atom is 0.240 e. The van der Waals surface area contributed by atoms with Crippen molar-refractivity contribution in [3.8, 4) is 5.75 Å². The lowest BCUT2D eigenvalue weighted by Crippen LogP contribution is -2.40. The van der Waals surface area contributed by atoms with Crippen molar-refractivity contribution in [1.82, 2.24) is 5.32 Å². The number of halogens is 1. The Balaban J connectivity index is 1.88. The van der Waals surface area contributed by atoms with Crippen molar-refractivity contribution in [2.75, 3.05) is 30.8 Å².